The van der Waals surface area contributed by atoms with Crippen LogP contribution >= 0.6 is 0 Å². The SMILES string of the molecule is COc1ccc(C(=O)Nc2cc(-c3cccn3C)n(C)n2)cc1C(=O)NCCCN. The highest BCUT2D eigenvalue weighted by Gasteiger charge is 2.17. The van der Waals surface area contributed by atoms with Gasteiger partial charge in [0.05, 0.1) is 24.1 Å². The van der Waals surface area contributed by atoms with Gasteiger partial charge < -0.3 is 25.7 Å². The molecule has 0 saturated carbocycles. The Morgan fingerprint density at radius 1 is 1.13 bits per heavy atom. The molecule has 0 aliphatic rings. The van der Waals surface area contributed by atoms with Gasteiger partial charge in [-0.1, -0.05) is 0 Å². The number of nitrogens with one attached hydrogen (secondary N) is 2. The van der Waals surface area contributed by atoms with E-state index in [1.807, 2.05) is 37.0 Å². The Morgan fingerprint density at radius 2 is 1.93 bits per heavy atom. The molecule has 0 atom stereocenters. The van der Waals surface area contributed by atoms with Gasteiger partial charge in [-0.25, -0.2) is 0 Å². The van der Waals surface area contributed by atoms with Crippen LogP contribution in [0.3, 0.4) is 0 Å². The fourth-order valence-corrected chi connectivity index (χ4v) is 3.11. The first kappa shape index (κ1) is 21.1. The van der Waals surface area contributed by atoms with Crippen LogP contribution in [0.15, 0.2) is 42.6 Å². The van der Waals surface area contributed by atoms with E-state index >= 15 is 0 Å². The average Bonchev–Trinajstić information content (AvgIpc) is 3.32. The predicted molar refractivity (Wildman–Crippen MR) is 115 cm³/mol. The van der Waals surface area contributed by atoms with Gasteiger partial charge in [0.1, 0.15) is 5.75 Å². The van der Waals surface area contributed by atoms with E-state index in [-0.39, 0.29) is 17.4 Å². The van der Waals surface area contributed by atoms with E-state index in [1.54, 1.807) is 22.9 Å². The third-order valence-electron chi connectivity index (χ3n) is 4.70. The van der Waals surface area contributed by atoms with Gasteiger partial charge >= 0.3 is 0 Å². The monoisotopic (exact) mass is 410 g/mol. The van der Waals surface area contributed by atoms with Gasteiger partial charge in [-0.15, -0.1) is 0 Å². The molecule has 0 saturated heterocycles. The Kier molecular flexibility index (Phi) is 6.53. The standard InChI is InChI=1S/C21H26N6O3/c1-26-11-4-6-16(26)17-13-19(25-27(17)2)24-20(28)14-7-8-18(30-3)15(12-14)21(29)23-10-5-9-22/h4,6-8,11-13H,5,9-10,22H2,1-3H3,(H,23,29)(H,24,25,28). The summed E-state index contributed by atoms with van der Waals surface area (Å²) in [6, 6.07) is 10.4. The fourth-order valence-electron chi connectivity index (χ4n) is 3.11. The molecule has 0 spiro atoms. The van der Waals surface area contributed by atoms with Crippen molar-refractivity contribution in [2.45, 2.75) is 6.42 Å². The normalized spacial score (nSPS) is 10.7. The van der Waals surface area contributed by atoms with Crippen LogP contribution in [0.5, 0.6) is 5.75 Å². The second-order valence-corrected chi connectivity index (χ2v) is 6.81. The zero-order valence-corrected chi connectivity index (χ0v) is 17.3. The van der Waals surface area contributed by atoms with Crippen molar-refractivity contribution in [2.24, 2.45) is 19.8 Å². The number of benzene rings is 1. The number of nitrogens with zero attached hydrogens (tertiary/aromatic N) is 3. The topological polar surface area (TPSA) is 116 Å². The van der Waals surface area contributed by atoms with Crippen LogP contribution in [0.2, 0.25) is 0 Å². The second kappa shape index (κ2) is 9.27. The second-order valence-electron chi connectivity index (χ2n) is 6.81. The molecule has 158 valence electrons. The first-order valence-electron chi connectivity index (χ1n) is 9.58. The lowest BCUT2D eigenvalue weighted by atomic mass is 10.1. The largest absolute Gasteiger partial charge is 0.496 e. The van der Waals surface area contributed by atoms with Gasteiger partial charge in [0.15, 0.2) is 5.82 Å². The van der Waals surface area contributed by atoms with Crippen molar-refractivity contribution < 1.29 is 14.3 Å². The summed E-state index contributed by atoms with van der Waals surface area (Å²) in [5.74, 6) is 0.119. The highest BCUT2D eigenvalue weighted by atomic mass is 16.5. The number of carbonyl (C=O) groups is 2. The molecule has 0 unspecified atom stereocenters. The molecule has 2 aromatic heterocycles. The number of amides is 2. The number of hydrogen-bond acceptors (Lipinski definition) is 5. The van der Waals surface area contributed by atoms with E-state index in [9.17, 15) is 9.59 Å². The van der Waals surface area contributed by atoms with Crippen molar-refractivity contribution in [3.8, 4) is 17.1 Å². The Balaban J connectivity index is 1.79. The van der Waals surface area contributed by atoms with Gasteiger partial charge in [0, 0.05) is 38.5 Å². The minimum atomic E-state index is -0.370. The Labute approximate surface area is 174 Å². The minimum absolute atomic E-state index is 0.285. The number of rotatable bonds is 8. The van der Waals surface area contributed by atoms with E-state index in [0.717, 1.165) is 11.4 Å². The highest BCUT2D eigenvalue weighted by Crippen LogP contribution is 2.24. The number of carbonyl (C=O) groups excluding carboxylic acids is 2. The van der Waals surface area contributed by atoms with Gasteiger partial charge in [-0.2, -0.15) is 5.10 Å². The summed E-state index contributed by atoms with van der Waals surface area (Å²) in [6.07, 6.45) is 2.61. The molecular formula is C21H26N6O3. The molecule has 9 nitrogen and oxygen atoms in total. The lowest BCUT2D eigenvalue weighted by Crippen LogP contribution is -2.26. The van der Waals surface area contributed by atoms with E-state index < -0.39 is 0 Å². The molecule has 30 heavy (non-hydrogen) atoms. The van der Waals surface area contributed by atoms with Crippen LogP contribution in [-0.4, -0.2) is 46.4 Å². The molecule has 0 bridgehead atoms. The van der Waals surface area contributed by atoms with Gasteiger partial charge in [-0.05, 0) is 43.3 Å². The molecule has 2 amide bonds. The smallest absolute Gasteiger partial charge is 0.256 e. The number of hydrogen-bond donors (Lipinski definition) is 3. The lowest BCUT2D eigenvalue weighted by molar-refractivity contribution is 0.0950. The Hall–Kier alpha value is -3.59. The third kappa shape index (κ3) is 4.52. The number of aryl methyl sites for hydroxylation is 2. The van der Waals surface area contributed by atoms with Crippen molar-refractivity contribution >= 4 is 17.6 Å². The lowest BCUT2D eigenvalue weighted by Gasteiger charge is -2.11. The number of anilines is 1. The molecule has 2 heterocycles. The Bertz CT molecular complexity index is 1050. The molecule has 3 aromatic rings. The molecule has 3 rings (SSSR count). The Morgan fingerprint density at radius 3 is 2.60 bits per heavy atom. The number of methoxy groups -OCH3 is 1. The number of ether oxygens (including phenoxy) is 1. The first-order chi connectivity index (χ1) is 14.4. The highest BCUT2D eigenvalue weighted by molar-refractivity contribution is 6.06. The van der Waals surface area contributed by atoms with Crippen molar-refractivity contribution in [3.63, 3.8) is 0 Å². The van der Waals surface area contributed by atoms with Crippen molar-refractivity contribution in [2.75, 3.05) is 25.5 Å². The van der Waals surface area contributed by atoms with Gasteiger partial charge in [0.2, 0.25) is 0 Å². The van der Waals surface area contributed by atoms with Crippen LogP contribution in [0.1, 0.15) is 27.1 Å². The van der Waals surface area contributed by atoms with Crippen LogP contribution in [0.25, 0.3) is 11.4 Å². The molecular weight excluding hydrogens is 384 g/mol. The maximum absolute atomic E-state index is 12.8. The molecule has 0 radical (unpaired) electrons. The summed E-state index contributed by atoms with van der Waals surface area (Å²) in [5, 5.41) is 9.93. The van der Waals surface area contributed by atoms with Gasteiger partial charge in [-0.3, -0.25) is 14.3 Å². The van der Waals surface area contributed by atoms with Gasteiger partial charge in [0.25, 0.3) is 11.8 Å². The van der Waals surface area contributed by atoms with Crippen molar-refractivity contribution in [1.82, 2.24) is 19.7 Å². The predicted octanol–water partition coefficient (Wildman–Crippen LogP) is 1.77. The van der Waals surface area contributed by atoms with Crippen molar-refractivity contribution in [1.29, 1.82) is 0 Å². The maximum Gasteiger partial charge on any atom is 0.256 e. The van der Waals surface area contributed by atoms with Crippen LogP contribution in [0.4, 0.5) is 5.82 Å². The van der Waals surface area contributed by atoms with E-state index in [2.05, 4.69) is 15.7 Å². The first-order valence-corrected chi connectivity index (χ1v) is 9.58. The fraction of sp³-hybridized carbons (Fsp3) is 0.286. The summed E-state index contributed by atoms with van der Waals surface area (Å²) < 4.78 is 8.94. The molecule has 0 aliphatic carbocycles. The number of nitrogens with two attached hydrogens (primary N) is 1. The third-order valence-corrected chi connectivity index (χ3v) is 4.70. The van der Waals surface area contributed by atoms with E-state index in [1.165, 1.54) is 13.2 Å². The zero-order chi connectivity index (χ0) is 21.7. The molecule has 4 N–H and O–H groups in total. The summed E-state index contributed by atoms with van der Waals surface area (Å²) in [5.41, 5.74) is 7.92. The van der Waals surface area contributed by atoms with Crippen molar-refractivity contribution in [3.05, 3.63) is 53.7 Å². The summed E-state index contributed by atoms with van der Waals surface area (Å²) in [6.45, 7) is 0.930. The summed E-state index contributed by atoms with van der Waals surface area (Å²) >= 11 is 0. The van der Waals surface area contributed by atoms with Crippen LogP contribution < -0.4 is 21.1 Å². The van der Waals surface area contributed by atoms with E-state index in [4.69, 9.17) is 10.5 Å². The van der Waals surface area contributed by atoms with E-state index in [0.29, 0.717) is 36.6 Å². The van der Waals surface area contributed by atoms with Crippen LogP contribution in [-0.2, 0) is 14.1 Å². The van der Waals surface area contributed by atoms with Crippen LogP contribution in [0, 0.1) is 0 Å². The number of aromatic nitrogens is 3. The maximum atomic E-state index is 12.8. The summed E-state index contributed by atoms with van der Waals surface area (Å²) in [4.78, 5) is 25.2. The molecule has 9 heteroatoms. The molecule has 1 aromatic carbocycles. The molecule has 0 aliphatic heterocycles. The zero-order valence-electron chi connectivity index (χ0n) is 17.3. The quantitative estimate of drug-likeness (QED) is 0.490. The minimum Gasteiger partial charge on any atom is -0.496 e. The average molecular weight is 410 g/mol. The summed E-state index contributed by atoms with van der Waals surface area (Å²) in [7, 11) is 5.23. The molecule has 0 fully saturated rings.